The molecule has 0 heterocycles. The second-order valence-corrected chi connectivity index (χ2v) is 5.46. The molecule has 0 saturated carbocycles. The Labute approximate surface area is 125 Å². The molecule has 0 saturated heterocycles. The summed E-state index contributed by atoms with van der Waals surface area (Å²) in [5.74, 6) is -0.663. The van der Waals surface area contributed by atoms with Crippen molar-refractivity contribution in [1.82, 2.24) is 0 Å². The summed E-state index contributed by atoms with van der Waals surface area (Å²) in [6.45, 7) is 3.69. The van der Waals surface area contributed by atoms with Gasteiger partial charge in [-0.1, -0.05) is 69.6 Å². The van der Waals surface area contributed by atoms with Crippen LogP contribution in [0.3, 0.4) is 0 Å². The molecular formula is C18H32O2. The van der Waals surface area contributed by atoms with Gasteiger partial charge < -0.3 is 5.11 Å². The first-order valence-corrected chi connectivity index (χ1v) is 8.25. The lowest BCUT2D eigenvalue weighted by Gasteiger charge is -2.01. The summed E-state index contributed by atoms with van der Waals surface area (Å²) in [4.78, 5) is 10.3. The molecule has 0 rings (SSSR count). The van der Waals surface area contributed by atoms with Gasteiger partial charge in [0.05, 0.1) is 0 Å². The summed E-state index contributed by atoms with van der Waals surface area (Å²) in [6.07, 6.45) is 21.3. The number of unbranched alkanes of at least 4 members (excludes halogenated alkanes) is 10. The van der Waals surface area contributed by atoms with E-state index in [9.17, 15) is 4.79 Å². The Bertz CT molecular complexity index is 256. The average Bonchev–Trinajstić information content (AvgIpc) is 2.43. The fourth-order valence-corrected chi connectivity index (χ4v) is 2.26. The van der Waals surface area contributed by atoms with E-state index in [1.807, 2.05) is 6.08 Å². The van der Waals surface area contributed by atoms with Crippen molar-refractivity contribution in [3.63, 3.8) is 0 Å². The van der Waals surface area contributed by atoms with Crippen LogP contribution >= 0.6 is 0 Å². The Hall–Kier alpha value is -1.05. The number of hydrogen-bond acceptors (Lipinski definition) is 1. The van der Waals surface area contributed by atoms with E-state index in [0.29, 0.717) is 6.42 Å². The zero-order valence-corrected chi connectivity index (χ0v) is 13.0. The van der Waals surface area contributed by atoms with Crippen LogP contribution < -0.4 is 0 Å². The number of rotatable bonds is 15. The van der Waals surface area contributed by atoms with Crippen LogP contribution in [0, 0.1) is 0 Å². The first-order chi connectivity index (χ1) is 9.77. The molecule has 0 aliphatic heterocycles. The first kappa shape index (κ1) is 18.9. The van der Waals surface area contributed by atoms with E-state index in [4.69, 9.17) is 5.11 Å². The van der Waals surface area contributed by atoms with Gasteiger partial charge in [0, 0.05) is 6.42 Å². The molecule has 0 fully saturated rings. The summed E-state index contributed by atoms with van der Waals surface area (Å²) in [5, 5.41) is 8.51. The van der Waals surface area contributed by atoms with Crippen LogP contribution in [0.4, 0.5) is 0 Å². The van der Waals surface area contributed by atoms with E-state index in [1.54, 1.807) is 0 Å². The van der Waals surface area contributed by atoms with Gasteiger partial charge in [-0.05, 0) is 25.7 Å². The number of allylic oxidation sites excluding steroid dienone is 3. The minimum Gasteiger partial charge on any atom is -0.481 e. The molecule has 2 nitrogen and oxygen atoms in total. The van der Waals surface area contributed by atoms with E-state index >= 15 is 0 Å². The molecule has 0 aromatic rings. The molecule has 0 aromatic carbocycles. The van der Waals surface area contributed by atoms with Crippen LogP contribution in [0.1, 0.15) is 83.5 Å². The van der Waals surface area contributed by atoms with Gasteiger partial charge in [0.2, 0.25) is 0 Å². The maximum Gasteiger partial charge on any atom is 0.303 e. The second kappa shape index (κ2) is 16.0. The number of carbonyl (C=O) groups is 1. The van der Waals surface area contributed by atoms with Gasteiger partial charge >= 0.3 is 5.97 Å². The summed E-state index contributed by atoms with van der Waals surface area (Å²) in [6, 6.07) is 0. The Morgan fingerprint density at radius 3 is 1.80 bits per heavy atom. The molecule has 0 aliphatic carbocycles. The smallest absolute Gasteiger partial charge is 0.303 e. The van der Waals surface area contributed by atoms with Crippen LogP contribution in [0.5, 0.6) is 0 Å². The molecule has 0 bridgehead atoms. The molecule has 2 heteroatoms. The maximum atomic E-state index is 10.3. The van der Waals surface area contributed by atoms with E-state index in [0.717, 1.165) is 19.3 Å². The van der Waals surface area contributed by atoms with Gasteiger partial charge in [-0.2, -0.15) is 0 Å². The highest BCUT2D eigenvalue weighted by Crippen LogP contribution is 2.12. The molecule has 20 heavy (non-hydrogen) atoms. The van der Waals surface area contributed by atoms with Crippen molar-refractivity contribution in [3.05, 3.63) is 24.8 Å². The molecule has 0 atom stereocenters. The molecule has 0 aromatic heterocycles. The van der Waals surface area contributed by atoms with Crippen molar-refractivity contribution >= 4 is 5.97 Å². The fraction of sp³-hybridized carbons (Fsp3) is 0.722. The number of aliphatic carboxylic acids is 1. The van der Waals surface area contributed by atoms with Gasteiger partial charge in [0.15, 0.2) is 0 Å². The molecular weight excluding hydrogens is 248 g/mol. The molecule has 1 N–H and O–H groups in total. The largest absolute Gasteiger partial charge is 0.481 e. The minimum absolute atomic E-state index is 0.335. The second-order valence-electron chi connectivity index (χ2n) is 5.46. The van der Waals surface area contributed by atoms with Gasteiger partial charge in [-0.3, -0.25) is 4.79 Å². The van der Waals surface area contributed by atoms with E-state index < -0.39 is 5.97 Å². The minimum atomic E-state index is -0.663. The number of carboxylic acid groups (broad SMARTS) is 1. The van der Waals surface area contributed by atoms with E-state index in [-0.39, 0.29) is 0 Å². The average molecular weight is 280 g/mol. The third-order valence-corrected chi connectivity index (χ3v) is 3.48. The maximum absolute atomic E-state index is 10.3. The van der Waals surface area contributed by atoms with Crippen molar-refractivity contribution < 1.29 is 9.90 Å². The van der Waals surface area contributed by atoms with Crippen molar-refractivity contribution in [2.75, 3.05) is 0 Å². The lowest BCUT2D eigenvalue weighted by atomic mass is 10.1. The predicted molar refractivity (Wildman–Crippen MR) is 87.0 cm³/mol. The Kier molecular flexibility index (Phi) is 15.2. The molecule has 0 radical (unpaired) electrons. The van der Waals surface area contributed by atoms with Crippen molar-refractivity contribution in [2.45, 2.75) is 83.5 Å². The van der Waals surface area contributed by atoms with Crippen LogP contribution in [-0.4, -0.2) is 11.1 Å². The Morgan fingerprint density at radius 1 is 0.800 bits per heavy atom. The summed E-state index contributed by atoms with van der Waals surface area (Å²) < 4.78 is 0. The zero-order chi connectivity index (χ0) is 14.9. The first-order valence-electron chi connectivity index (χ1n) is 8.25. The third kappa shape index (κ3) is 16.9. The van der Waals surface area contributed by atoms with Crippen LogP contribution in [0.15, 0.2) is 24.8 Å². The topological polar surface area (TPSA) is 37.3 Å². The highest BCUT2D eigenvalue weighted by molar-refractivity contribution is 5.66. The normalized spacial score (nSPS) is 11.0. The van der Waals surface area contributed by atoms with Crippen molar-refractivity contribution in [3.8, 4) is 0 Å². The molecule has 116 valence electrons. The summed E-state index contributed by atoms with van der Waals surface area (Å²) in [7, 11) is 0. The quantitative estimate of drug-likeness (QED) is 0.300. The van der Waals surface area contributed by atoms with Crippen LogP contribution in [-0.2, 0) is 4.79 Å². The van der Waals surface area contributed by atoms with Crippen molar-refractivity contribution in [2.24, 2.45) is 0 Å². The number of carboxylic acids is 1. The number of hydrogen-bond donors (Lipinski definition) is 1. The monoisotopic (exact) mass is 280 g/mol. The predicted octanol–water partition coefficient (Wildman–Crippen LogP) is 5.88. The lowest BCUT2D eigenvalue weighted by Crippen LogP contribution is -1.93. The van der Waals surface area contributed by atoms with Crippen molar-refractivity contribution in [1.29, 1.82) is 0 Å². The van der Waals surface area contributed by atoms with Crippen LogP contribution in [0.25, 0.3) is 0 Å². The molecule has 0 amide bonds. The summed E-state index contributed by atoms with van der Waals surface area (Å²) >= 11 is 0. The highest BCUT2D eigenvalue weighted by Gasteiger charge is 1.96. The standard InChI is InChI=1S/C18H32O2/c1-2-3-4-5-6-7-8-9-10-11-12-13-14-15-16-17-18(19)20/h2,4-5H,1,3,6-17H2,(H,19,20)/b5-4-. The zero-order valence-electron chi connectivity index (χ0n) is 13.0. The third-order valence-electron chi connectivity index (χ3n) is 3.48. The van der Waals surface area contributed by atoms with Gasteiger partial charge in [0.1, 0.15) is 0 Å². The molecule has 0 spiro atoms. The SMILES string of the molecule is C=CC/C=C\CCCCCCCCCCCCC(=O)O. The van der Waals surface area contributed by atoms with Crippen LogP contribution in [0.2, 0.25) is 0 Å². The van der Waals surface area contributed by atoms with Gasteiger partial charge in [-0.15, -0.1) is 6.58 Å². The van der Waals surface area contributed by atoms with E-state index in [2.05, 4.69) is 18.7 Å². The fourth-order valence-electron chi connectivity index (χ4n) is 2.26. The van der Waals surface area contributed by atoms with Gasteiger partial charge in [0.25, 0.3) is 0 Å². The molecule has 0 aliphatic rings. The lowest BCUT2D eigenvalue weighted by molar-refractivity contribution is -0.137. The summed E-state index contributed by atoms with van der Waals surface area (Å²) in [5.41, 5.74) is 0. The Balaban J connectivity index is 3.02. The van der Waals surface area contributed by atoms with Gasteiger partial charge in [-0.25, -0.2) is 0 Å². The Morgan fingerprint density at radius 2 is 1.30 bits per heavy atom. The van der Waals surface area contributed by atoms with E-state index in [1.165, 1.54) is 57.8 Å². The highest BCUT2D eigenvalue weighted by atomic mass is 16.4. The molecule has 0 unspecified atom stereocenters.